The van der Waals surface area contributed by atoms with E-state index < -0.39 is 5.97 Å². The lowest BCUT2D eigenvalue weighted by Crippen LogP contribution is -2.06. The van der Waals surface area contributed by atoms with Crippen LogP contribution in [0.15, 0.2) is 24.4 Å². The Morgan fingerprint density at radius 2 is 2.25 bits per heavy atom. The van der Waals surface area contributed by atoms with Gasteiger partial charge in [-0.1, -0.05) is 0 Å². The number of nitrogen functional groups attached to an aromatic ring is 1. The van der Waals surface area contributed by atoms with Gasteiger partial charge in [-0.15, -0.1) is 0 Å². The zero-order chi connectivity index (χ0) is 14.7. The largest absolute Gasteiger partial charge is 0.465 e. The molecule has 3 N–H and O–H groups in total. The summed E-state index contributed by atoms with van der Waals surface area (Å²) < 4.78 is 6.47. The molecule has 0 fully saturated rings. The second-order valence-electron chi connectivity index (χ2n) is 4.53. The summed E-state index contributed by atoms with van der Waals surface area (Å²) in [6.45, 7) is 2.63. The third-order valence-electron chi connectivity index (χ3n) is 3.28. The highest BCUT2D eigenvalue weighted by molar-refractivity contribution is 5.91. The number of hydrogen-bond acceptors (Lipinski definition) is 5. The molecular weight excluding hydrogens is 256 g/mol. The maximum Gasteiger partial charge on any atom is 0.337 e. The van der Waals surface area contributed by atoms with Gasteiger partial charge in [-0.05, 0) is 25.1 Å². The molecule has 0 aliphatic carbocycles. The van der Waals surface area contributed by atoms with Crippen LogP contribution in [0.25, 0.3) is 0 Å². The standard InChI is InChI=1S/C14H18N4O2/c1-9-11(8-17-18(9)2)7-16-13-5-4-10(6-12(13)15)14(19)20-3/h4-6,8,16H,7,15H2,1-3H3. The van der Waals surface area contributed by atoms with Gasteiger partial charge in [-0.3, -0.25) is 4.68 Å². The van der Waals surface area contributed by atoms with Gasteiger partial charge in [0.2, 0.25) is 0 Å². The lowest BCUT2D eigenvalue weighted by molar-refractivity contribution is 0.0601. The van der Waals surface area contributed by atoms with Crippen LogP contribution in [0.1, 0.15) is 21.6 Å². The van der Waals surface area contributed by atoms with Gasteiger partial charge < -0.3 is 15.8 Å². The van der Waals surface area contributed by atoms with Gasteiger partial charge in [0.05, 0.1) is 30.2 Å². The first-order chi connectivity index (χ1) is 9.52. The summed E-state index contributed by atoms with van der Waals surface area (Å²) in [6.07, 6.45) is 1.82. The van der Waals surface area contributed by atoms with Crippen molar-refractivity contribution in [2.45, 2.75) is 13.5 Å². The summed E-state index contributed by atoms with van der Waals surface area (Å²) in [5.41, 5.74) is 9.86. The number of anilines is 2. The molecule has 0 atom stereocenters. The van der Waals surface area contributed by atoms with E-state index in [9.17, 15) is 4.79 Å². The number of nitrogens with two attached hydrogens (primary N) is 1. The number of aryl methyl sites for hydroxylation is 1. The molecule has 0 bridgehead atoms. The molecule has 0 aliphatic heterocycles. The van der Waals surface area contributed by atoms with Gasteiger partial charge in [-0.25, -0.2) is 4.79 Å². The molecule has 0 spiro atoms. The number of hydrogen-bond donors (Lipinski definition) is 2. The fraction of sp³-hybridized carbons (Fsp3) is 0.286. The lowest BCUT2D eigenvalue weighted by atomic mass is 10.1. The van der Waals surface area contributed by atoms with Crippen LogP contribution in [-0.4, -0.2) is 22.9 Å². The number of aromatic nitrogens is 2. The van der Waals surface area contributed by atoms with Crippen LogP contribution in [0.3, 0.4) is 0 Å². The first-order valence-electron chi connectivity index (χ1n) is 6.22. The summed E-state index contributed by atoms with van der Waals surface area (Å²) >= 11 is 0. The van der Waals surface area contributed by atoms with Gasteiger partial charge >= 0.3 is 5.97 Å². The van der Waals surface area contributed by atoms with Crippen molar-refractivity contribution in [3.8, 4) is 0 Å². The van der Waals surface area contributed by atoms with Crippen molar-refractivity contribution in [1.82, 2.24) is 9.78 Å². The molecule has 0 amide bonds. The highest BCUT2D eigenvalue weighted by Crippen LogP contribution is 2.21. The van der Waals surface area contributed by atoms with E-state index in [0.29, 0.717) is 17.8 Å². The topological polar surface area (TPSA) is 82.2 Å². The van der Waals surface area contributed by atoms with E-state index in [0.717, 1.165) is 16.9 Å². The van der Waals surface area contributed by atoms with Gasteiger partial charge in [-0.2, -0.15) is 5.10 Å². The average Bonchev–Trinajstić information content (AvgIpc) is 2.76. The number of rotatable bonds is 4. The van der Waals surface area contributed by atoms with E-state index >= 15 is 0 Å². The number of nitrogens with zero attached hydrogens (tertiary/aromatic N) is 2. The molecule has 106 valence electrons. The molecule has 0 radical (unpaired) electrons. The van der Waals surface area contributed by atoms with Crippen LogP contribution >= 0.6 is 0 Å². The van der Waals surface area contributed by atoms with Crippen molar-refractivity contribution >= 4 is 17.3 Å². The minimum Gasteiger partial charge on any atom is -0.465 e. The fourth-order valence-corrected chi connectivity index (χ4v) is 1.88. The van der Waals surface area contributed by atoms with Crippen molar-refractivity contribution in [2.24, 2.45) is 7.05 Å². The van der Waals surface area contributed by atoms with Crippen molar-refractivity contribution < 1.29 is 9.53 Å². The molecule has 2 rings (SSSR count). The van der Waals surface area contributed by atoms with Gasteiger partial charge in [0.15, 0.2) is 0 Å². The fourth-order valence-electron chi connectivity index (χ4n) is 1.88. The molecule has 6 nitrogen and oxygen atoms in total. The first kappa shape index (κ1) is 13.9. The van der Waals surface area contributed by atoms with Crippen molar-refractivity contribution in [1.29, 1.82) is 0 Å². The highest BCUT2D eigenvalue weighted by atomic mass is 16.5. The smallest absolute Gasteiger partial charge is 0.337 e. The maximum absolute atomic E-state index is 11.4. The quantitative estimate of drug-likeness (QED) is 0.655. The van der Waals surface area contributed by atoms with E-state index in [1.165, 1.54) is 7.11 Å². The highest BCUT2D eigenvalue weighted by Gasteiger charge is 2.09. The summed E-state index contributed by atoms with van der Waals surface area (Å²) in [7, 11) is 3.24. The summed E-state index contributed by atoms with van der Waals surface area (Å²) in [5.74, 6) is -0.397. The Morgan fingerprint density at radius 1 is 1.50 bits per heavy atom. The van der Waals surface area contributed by atoms with Gasteiger partial charge in [0.1, 0.15) is 0 Å². The number of benzene rings is 1. The second kappa shape index (κ2) is 5.64. The van der Waals surface area contributed by atoms with Crippen LogP contribution < -0.4 is 11.1 Å². The number of ether oxygens (including phenoxy) is 1. The molecule has 1 aromatic heterocycles. The average molecular weight is 274 g/mol. The Balaban J connectivity index is 2.10. The van der Waals surface area contributed by atoms with E-state index in [4.69, 9.17) is 5.73 Å². The SMILES string of the molecule is COC(=O)c1ccc(NCc2cnn(C)c2C)c(N)c1. The molecular formula is C14H18N4O2. The van der Waals surface area contributed by atoms with E-state index in [2.05, 4.69) is 15.2 Å². The number of esters is 1. The van der Waals surface area contributed by atoms with Crippen molar-refractivity contribution in [3.63, 3.8) is 0 Å². The number of carbonyl (C=O) groups excluding carboxylic acids is 1. The Kier molecular flexibility index (Phi) is 3.93. The zero-order valence-electron chi connectivity index (χ0n) is 11.8. The molecule has 0 unspecified atom stereocenters. The summed E-state index contributed by atoms with van der Waals surface area (Å²) in [4.78, 5) is 11.4. The molecule has 1 aromatic carbocycles. The molecule has 1 heterocycles. The molecule has 6 heteroatoms. The van der Waals surface area contributed by atoms with Crippen molar-refractivity contribution in [3.05, 3.63) is 41.2 Å². The first-order valence-corrected chi connectivity index (χ1v) is 6.22. The maximum atomic E-state index is 11.4. The van der Waals surface area contributed by atoms with E-state index in [-0.39, 0.29) is 0 Å². The van der Waals surface area contributed by atoms with E-state index in [1.54, 1.807) is 18.2 Å². The number of methoxy groups -OCH3 is 1. The Morgan fingerprint density at radius 3 is 2.80 bits per heavy atom. The third-order valence-corrected chi connectivity index (χ3v) is 3.28. The van der Waals surface area contributed by atoms with Crippen LogP contribution in [-0.2, 0) is 18.3 Å². The molecule has 0 saturated heterocycles. The molecule has 0 saturated carbocycles. The van der Waals surface area contributed by atoms with Crippen LogP contribution in [0.4, 0.5) is 11.4 Å². The zero-order valence-corrected chi connectivity index (χ0v) is 11.8. The Labute approximate surface area is 117 Å². The normalized spacial score (nSPS) is 10.3. The van der Waals surface area contributed by atoms with E-state index in [1.807, 2.05) is 24.9 Å². The summed E-state index contributed by atoms with van der Waals surface area (Å²) in [6, 6.07) is 5.05. The monoisotopic (exact) mass is 274 g/mol. The van der Waals surface area contributed by atoms with Crippen LogP contribution in [0, 0.1) is 6.92 Å². The van der Waals surface area contributed by atoms with Crippen LogP contribution in [0.5, 0.6) is 0 Å². The lowest BCUT2D eigenvalue weighted by Gasteiger charge is -2.10. The second-order valence-corrected chi connectivity index (χ2v) is 4.53. The summed E-state index contributed by atoms with van der Waals surface area (Å²) in [5, 5.41) is 7.42. The minimum atomic E-state index is -0.397. The van der Waals surface area contributed by atoms with Crippen LogP contribution in [0.2, 0.25) is 0 Å². The number of nitrogens with one attached hydrogen (secondary N) is 1. The van der Waals surface area contributed by atoms with Gasteiger partial charge in [0.25, 0.3) is 0 Å². The predicted octanol–water partition coefficient (Wildman–Crippen LogP) is 1.71. The Hall–Kier alpha value is -2.50. The van der Waals surface area contributed by atoms with Gasteiger partial charge in [0, 0.05) is 24.8 Å². The Bertz CT molecular complexity index is 634. The molecule has 2 aromatic rings. The van der Waals surface area contributed by atoms with Crippen molar-refractivity contribution in [2.75, 3.05) is 18.2 Å². The number of carbonyl (C=O) groups is 1. The minimum absolute atomic E-state index is 0.397. The molecule has 20 heavy (non-hydrogen) atoms. The third kappa shape index (κ3) is 2.74. The predicted molar refractivity (Wildman–Crippen MR) is 77.5 cm³/mol. The molecule has 0 aliphatic rings.